The Hall–Kier alpha value is -1.61. The van der Waals surface area contributed by atoms with E-state index in [1.165, 1.54) is 23.4 Å². The van der Waals surface area contributed by atoms with Crippen LogP contribution >= 0.6 is 11.6 Å². The van der Waals surface area contributed by atoms with Crippen molar-refractivity contribution in [3.63, 3.8) is 0 Å². The van der Waals surface area contributed by atoms with Gasteiger partial charge in [0.15, 0.2) is 11.6 Å². The molecule has 0 fully saturated rings. The molecule has 0 N–H and O–H groups in total. The van der Waals surface area contributed by atoms with Crippen molar-refractivity contribution in [2.75, 3.05) is 11.4 Å². The molecule has 0 saturated carbocycles. The number of aromatic nitrogens is 1. The average Bonchev–Trinajstić information content (AvgIpc) is 2.38. The zero-order valence-corrected chi connectivity index (χ0v) is 11.4. The van der Waals surface area contributed by atoms with Crippen LogP contribution in [0.15, 0.2) is 30.5 Å². The standard InChI is InChI=1S/C15H14ClFN2/c1-10-4-5-14-11(7-10)3-2-6-19(14)15-13(17)8-12(16)9-18-15/h4-5,7-9H,2-3,6H2,1H3. The first-order chi connectivity index (χ1) is 9.15. The van der Waals surface area contributed by atoms with Gasteiger partial charge in [0, 0.05) is 18.4 Å². The first-order valence-corrected chi connectivity index (χ1v) is 6.71. The number of aryl methyl sites for hydroxylation is 2. The van der Waals surface area contributed by atoms with Crippen molar-refractivity contribution in [3.05, 3.63) is 52.4 Å². The Labute approximate surface area is 116 Å². The van der Waals surface area contributed by atoms with Gasteiger partial charge in [-0.15, -0.1) is 0 Å². The second-order valence-electron chi connectivity index (χ2n) is 4.85. The molecule has 19 heavy (non-hydrogen) atoms. The third-order valence-electron chi connectivity index (χ3n) is 3.40. The van der Waals surface area contributed by atoms with Crippen LogP contribution < -0.4 is 4.90 Å². The lowest BCUT2D eigenvalue weighted by Crippen LogP contribution is -2.26. The summed E-state index contributed by atoms with van der Waals surface area (Å²) in [4.78, 5) is 6.08. The fourth-order valence-corrected chi connectivity index (χ4v) is 2.70. The summed E-state index contributed by atoms with van der Waals surface area (Å²) < 4.78 is 14.0. The van der Waals surface area contributed by atoms with Crippen LogP contribution in [0.1, 0.15) is 17.5 Å². The quantitative estimate of drug-likeness (QED) is 0.773. The maximum absolute atomic E-state index is 14.0. The average molecular weight is 277 g/mol. The lowest BCUT2D eigenvalue weighted by Gasteiger charge is -2.30. The minimum atomic E-state index is -0.374. The van der Waals surface area contributed by atoms with Crippen molar-refractivity contribution >= 4 is 23.1 Å². The fraction of sp³-hybridized carbons (Fsp3) is 0.267. The van der Waals surface area contributed by atoms with Crippen molar-refractivity contribution in [1.29, 1.82) is 0 Å². The summed E-state index contributed by atoms with van der Waals surface area (Å²) in [6.45, 7) is 2.85. The van der Waals surface area contributed by atoms with Gasteiger partial charge in [0.1, 0.15) is 0 Å². The number of halogens is 2. The van der Waals surface area contributed by atoms with E-state index >= 15 is 0 Å². The van der Waals surface area contributed by atoms with Crippen LogP contribution in [0.25, 0.3) is 0 Å². The molecule has 0 radical (unpaired) electrons. The van der Waals surface area contributed by atoms with Crippen molar-refractivity contribution in [2.24, 2.45) is 0 Å². The van der Waals surface area contributed by atoms with E-state index in [2.05, 4.69) is 18.0 Å². The maximum atomic E-state index is 14.0. The highest BCUT2D eigenvalue weighted by atomic mass is 35.5. The van der Waals surface area contributed by atoms with Crippen molar-refractivity contribution in [3.8, 4) is 0 Å². The van der Waals surface area contributed by atoms with Gasteiger partial charge in [0.2, 0.25) is 0 Å². The van der Waals surface area contributed by atoms with E-state index < -0.39 is 0 Å². The normalized spacial score (nSPS) is 14.4. The molecule has 0 bridgehead atoms. The largest absolute Gasteiger partial charge is 0.324 e. The highest BCUT2D eigenvalue weighted by Gasteiger charge is 2.21. The molecule has 0 unspecified atom stereocenters. The number of nitrogens with zero attached hydrogens (tertiary/aromatic N) is 2. The van der Waals surface area contributed by atoms with Crippen LogP contribution in [0.3, 0.4) is 0 Å². The second kappa shape index (κ2) is 4.82. The number of hydrogen-bond acceptors (Lipinski definition) is 2. The van der Waals surface area contributed by atoms with Gasteiger partial charge in [0.05, 0.1) is 5.02 Å². The molecule has 0 aliphatic carbocycles. The molecule has 1 aromatic carbocycles. The fourth-order valence-electron chi connectivity index (χ4n) is 2.55. The van der Waals surface area contributed by atoms with Crippen LogP contribution in [0, 0.1) is 12.7 Å². The number of anilines is 2. The first-order valence-electron chi connectivity index (χ1n) is 6.33. The van der Waals surface area contributed by atoms with Gasteiger partial charge < -0.3 is 4.90 Å². The molecule has 98 valence electrons. The van der Waals surface area contributed by atoms with Crippen molar-refractivity contribution in [2.45, 2.75) is 19.8 Å². The predicted molar refractivity (Wildman–Crippen MR) is 75.7 cm³/mol. The summed E-state index contributed by atoms with van der Waals surface area (Å²) in [6.07, 6.45) is 3.52. The summed E-state index contributed by atoms with van der Waals surface area (Å²) >= 11 is 5.76. The minimum Gasteiger partial charge on any atom is -0.324 e. The highest BCUT2D eigenvalue weighted by Crippen LogP contribution is 2.34. The zero-order valence-electron chi connectivity index (χ0n) is 10.7. The summed E-state index contributed by atoms with van der Waals surface area (Å²) in [5.74, 6) is -0.0184. The Kier molecular flexibility index (Phi) is 3.15. The molecular weight excluding hydrogens is 263 g/mol. The molecule has 2 heterocycles. The lowest BCUT2D eigenvalue weighted by atomic mass is 9.99. The summed E-state index contributed by atoms with van der Waals surface area (Å²) in [7, 11) is 0. The molecule has 1 aromatic heterocycles. The van der Waals surface area contributed by atoms with E-state index in [1.807, 2.05) is 17.0 Å². The van der Waals surface area contributed by atoms with Crippen molar-refractivity contribution in [1.82, 2.24) is 4.98 Å². The number of benzene rings is 1. The number of pyridine rings is 1. The molecule has 2 nitrogen and oxygen atoms in total. The summed E-state index contributed by atoms with van der Waals surface area (Å²) in [6, 6.07) is 7.56. The molecule has 0 amide bonds. The molecular formula is C15H14ClFN2. The Bertz CT molecular complexity index is 628. The molecule has 1 aliphatic rings. The second-order valence-corrected chi connectivity index (χ2v) is 5.28. The Morgan fingerprint density at radius 1 is 1.32 bits per heavy atom. The van der Waals surface area contributed by atoms with E-state index in [9.17, 15) is 4.39 Å². The lowest BCUT2D eigenvalue weighted by molar-refractivity contribution is 0.613. The first kappa shape index (κ1) is 12.4. The third kappa shape index (κ3) is 2.30. The van der Waals surface area contributed by atoms with Crippen molar-refractivity contribution < 1.29 is 4.39 Å². The molecule has 2 aromatic rings. The Morgan fingerprint density at radius 3 is 2.95 bits per heavy atom. The Morgan fingerprint density at radius 2 is 2.16 bits per heavy atom. The van der Waals surface area contributed by atoms with Gasteiger partial charge in [-0.3, -0.25) is 0 Å². The van der Waals surface area contributed by atoms with E-state index in [0.29, 0.717) is 10.8 Å². The minimum absolute atomic E-state index is 0.322. The van der Waals surface area contributed by atoms with Gasteiger partial charge in [-0.25, -0.2) is 9.37 Å². The molecule has 1 aliphatic heterocycles. The SMILES string of the molecule is Cc1ccc2c(c1)CCCN2c1ncc(Cl)cc1F. The van der Waals surface area contributed by atoms with Gasteiger partial charge in [-0.2, -0.15) is 0 Å². The van der Waals surface area contributed by atoms with E-state index in [4.69, 9.17) is 11.6 Å². The van der Waals surface area contributed by atoms with Crippen LogP contribution in [-0.2, 0) is 6.42 Å². The zero-order chi connectivity index (χ0) is 13.4. The van der Waals surface area contributed by atoms with E-state index in [0.717, 1.165) is 25.1 Å². The van der Waals surface area contributed by atoms with Crippen LogP contribution in [0.4, 0.5) is 15.9 Å². The molecule has 4 heteroatoms. The van der Waals surface area contributed by atoms with E-state index in [1.54, 1.807) is 0 Å². The van der Waals surface area contributed by atoms with Gasteiger partial charge in [-0.1, -0.05) is 29.3 Å². The topological polar surface area (TPSA) is 16.1 Å². The van der Waals surface area contributed by atoms with Gasteiger partial charge in [0.25, 0.3) is 0 Å². The van der Waals surface area contributed by atoms with Gasteiger partial charge >= 0.3 is 0 Å². The number of rotatable bonds is 1. The smallest absolute Gasteiger partial charge is 0.169 e. The highest BCUT2D eigenvalue weighted by molar-refractivity contribution is 6.30. The van der Waals surface area contributed by atoms with Gasteiger partial charge in [-0.05, 0) is 37.5 Å². The molecule has 0 saturated heterocycles. The van der Waals surface area contributed by atoms with Crippen LogP contribution in [0.5, 0.6) is 0 Å². The number of fused-ring (bicyclic) bond motifs is 1. The Balaban J connectivity index is 2.08. The monoisotopic (exact) mass is 276 g/mol. The van der Waals surface area contributed by atoms with Crippen LogP contribution in [-0.4, -0.2) is 11.5 Å². The summed E-state index contributed by atoms with van der Waals surface area (Å²) in [5.41, 5.74) is 3.53. The third-order valence-corrected chi connectivity index (χ3v) is 3.60. The summed E-state index contributed by atoms with van der Waals surface area (Å²) in [5, 5.41) is 0.322. The van der Waals surface area contributed by atoms with E-state index in [-0.39, 0.29) is 5.82 Å². The number of hydrogen-bond donors (Lipinski definition) is 0. The molecule has 0 spiro atoms. The molecule has 3 rings (SSSR count). The maximum Gasteiger partial charge on any atom is 0.169 e. The van der Waals surface area contributed by atoms with Crippen LogP contribution in [0.2, 0.25) is 5.02 Å². The molecule has 0 atom stereocenters. The predicted octanol–water partition coefficient (Wildman–Crippen LogP) is 4.27.